The summed E-state index contributed by atoms with van der Waals surface area (Å²) in [4.78, 5) is 11.2. The van der Waals surface area contributed by atoms with Gasteiger partial charge in [0.1, 0.15) is 17.8 Å². The van der Waals surface area contributed by atoms with Gasteiger partial charge in [-0.05, 0) is 12.1 Å². The van der Waals surface area contributed by atoms with Crippen molar-refractivity contribution in [3.63, 3.8) is 0 Å². The van der Waals surface area contributed by atoms with E-state index in [1.165, 1.54) is 24.3 Å². The Morgan fingerprint density at radius 1 is 1.26 bits per heavy atom. The molecule has 2 heterocycles. The molecule has 2 aromatic rings. The maximum absolute atomic E-state index is 11.2. The van der Waals surface area contributed by atoms with E-state index in [2.05, 4.69) is 0 Å². The fourth-order valence-corrected chi connectivity index (χ4v) is 2.46. The first kappa shape index (κ1) is 15.8. The number of fused-ring (bicyclic) bond motifs is 1. The minimum absolute atomic E-state index is 0.0288. The van der Waals surface area contributed by atoms with Gasteiger partial charge in [0.05, 0.1) is 12.7 Å². The molecular formula is C15H16O8. The van der Waals surface area contributed by atoms with Gasteiger partial charge in [0, 0.05) is 23.9 Å². The minimum Gasteiger partial charge on any atom is -0.504 e. The number of benzene rings is 1. The van der Waals surface area contributed by atoms with Crippen LogP contribution in [-0.4, -0.2) is 51.6 Å². The van der Waals surface area contributed by atoms with Crippen LogP contribution >= 0.6 is 0 Å². The lowest BCUT2D eigenvalue weighted by atomic mass is 10.0. The van der Waals surface area contributed by atoms with Crippen molar-refractivity contribution in [2.45, 2.75) is 31.0 Å². The number of aromatic hydroxyl groups is 1. The Morgan fingerprint density at radius 2 is 2.04 bits per heavy atom. The monoisotopic (exact) mass is 324 g/mol. The smallest absolute Gasteiger partial charge is 0.336 e. The summed E-state index contributed by atoms with van der Waals surface area (Å²) in [5.41, 5.74) is -0.334. The van der Waals surface area contributed by atoms with Crippen molar-refractivity contribution in [1.29, 1.82) is 0 Å². The molecule has 4 atom stereocenters. The van der Waals surface area contributed by atoms with Crippen LogP contribution in [0.3, 0.4) is 0 Å². The molecule has 3 rings (SSSR count). The lowest BCUT2D eigenvalue weighted by Gasteiger charge is -2.36. The zero-order chi connectivity index (χ0) is 16.6. The maximum atomic E-state index is 11.2. The van der Waals surface area contributed by atoms with Gasteiger partial charge in [-0.1, -0.05) is 0 Å². The molecule has 0 amide bonds. The molecule has 8 nitrogen and oxygen atoms in total. The Hall–Kier alpha value is -2.13. The quantitative estimate of drug-likeness (QED) is 0.567. The van der Waals surface area contributed by atoms with Crippen molar-refractivity contribution >= 4 is 11.0 Å². The second-order valence-electron chi connectivity index (χ2n) is 5.31. The van der Waals surface area contributed by atoms with Crippen molar-refractivity contribution in [3.05, 3.63) is 34.7 Å². The summed E-state index contributed by atoms with van der Waals surface area (Å²) in [6.07, 6.45) is -4.29. The third kappa shape index (κ3) is 3.15. The lowest BCUT2D eigenvalue weighted by Crippen LogP contribution is -2.51. The molecule has 1 aromatic carbocycles. The van der Waals surface area contributed by atoms with Gasteiger partial charge in [-0.2, -0.15) is 0 Å². The predicted molar refractivity (Wildman–Crippen MR) is 77.2 cm³/mol. The second-order valence-corrected chi connectivity index (χ2v) is 5.31. The highest BCUT2D eigenvalue weighted by Gasteiger charge is 2.37. The maximum Gasteiger partial charge on any atom is 0.336 e. The van der Waals surface area contributed by atoms with E-state index in [1.54, 1.807) is 0 Å². The zero-order valence-electron chi connectivity index (χ0n) is 12.0. The molecule has 1 aromatic heterocycles. The summed E-state index contributed by atoms with van der Waals surface area (Å²) in [7, 11) is 0. The lowest BCUT2D eigenvalue weighted by molar-refractivity contribution is -0.230. The molecule has 0 aliphatic carbocycles. The number of phenolic OH excluding ortho intramolecular Hbond substituents is 1. The summed E-state index contributed by atoms with van der Waals surface area (Å²) >= 11 is 0. The van der Waals surface area contributed by atoms with Crippen LogP contribution in [0.4, 0.5) is 0 Å². The van der Waals surface area contributed by atoms with Gasteiger partial charge in [-0.25, -0.2) is 4.79 Å². The fourth-order valence-electron chi connectivity index (χ4n) is 2.46. The Balaban J connectivity index is 1.85. The number of hydrogen-bond donors (Lipinski definition) is 4. The summed E-state index contributed by atoms with van der Waals surface area (Å²) in [5, 5.41) is 39.1. The van der Waals surface area contributed by atoms with Crippen molar-refractivity contribution < 1.29 is 34.3 Å². The molecule has 1 aliphatic heterocycles. The van der Waals surface area contributed by atoms with Gasteiger partial charge >= 0.3 is 5.63 Å². The summed E-state index contributed by atoms with van der Waals surface area (Å²) in [5.74, 6) is -0.201. The number of hydrogen-bond acceptors (Lipinski definition) is 8. The molecule has 1 aliphatic rings. The second kappa shape index (κ2) is 6.17. The molecule has 8 heteroatoms. The topological polar surface area (TPSA) is 130 Å². The third-order valence-electron chi connectivity index (χ3n) is 3.67. The fraction of sp³-hybridized carbons (Fsp3) is 0.400. The van der Waals surface area contributed by atoms with Crippen molar-refractivity contribution in [3.8, 4) is 11.5 Å². The predicted octanol–water partition coefficient (Wildman–Crippen LogP) is -0.294. The first-order valence-electron chi connectivity index (χ1n) is 7.04. The molecule has 0 bridgehead atoms. The van der Waals surface area contributed by atoms with Crippen LogP contribution in [0, 0.1) is 0 Å². The first-order chi connectivity index (χ1) is 11.0. The van der Waals surface area contributed by atoms with Gasteiger partial charge in [0.15, 0.2) is 11.5 Å². The van der Waals surface area contributed by atoms with E-state index in [-0.39, 0.29) is 23.5 Å². The normalized spacial score (nSPS) is 28.0. The highest BCUT2D eigenvalue weighted by Crippen LogP contribution is 2.33. The zero-order valence-corrected chi connectivity index (χ0v) is 12.0. The molecule has 124 valence electrons. The van der Waals surface area contributed by atoms with Crippen molar-refractivity contribution in [2.24, 2.45) is 0 Å². The van der Waals surface area contributed by atoms with E-state index in [0.29, 0.717) is 5.39 Å². The molecule has 23 heavy (non-hydrogen) atoms. The number of aliphatic hydroxyl groups excluding tert-OH is 3. The van der Waals surface area contributed by atoms with Crippen molar-refractivity contribution in [2.75, 3.05) is 6.61 Å². The Labute approximate surface area is 130 Å². The molecule has 1 saturated heterocycles. The van der Waals surface area contributed by atoms with E-state index in [1.807, 2.05) is 0 Å². The largest absolute Gasteiger partial charge is 0.504 e. The SMILES string of the molecule is O=c1ccc2cc(OC3CC(O)[C@H](O)C(CO)O3)c(O)cc2o1. The summed E-state index contributed by atoms with van der Waals surface area (Å²) in [6.45, 7) is -0.479. The van der Waals surface area contributed by atoms with Gasteiger partial charge in [0.2, 0.25) is 6.29 Å². The highest BCUT2D eigenvalue weighted by molar-refractivity contribution is 5.80. The molecule has 3 unspecified atom stereocenters. The van der Waals surface area contributed by atoms with Gasteiger partial charge in [0.25, 0.3) is 0 Å². The van der Waals surface area contributed by atoms with Crippen LogP contribution in [0.1, 0.15) is 6.42 Å². The Morgan fingerprint density at radius 3 is 2.78 bits per heavy atom. The summed E-state index contributed by atoms with van der Waals surface area (Å²) < 4.78 is 15.8. The molecule has 4 N–H and O–H groups in total. The molecule has 1 fully saturated rings. The van der Waals surface area contributed by atoms with Crippen LogP contribution in [-0.2, 0) is 4.74 Å². The molecule has 0 saturated carbocycles. The van der Waals surface area contributed by atoms with Gasteiger partial charge in [-0.15, -0.1) is 0 Å². The number of ether oxygens (including phenoxy) is 2. The Bertz CT molecular complexity index is 755. The van der Waals surface area contributed by atoms with Gasteiger partial charge in [-0.3, -0.25) is 0 Å². The van der Waals surface area contributed by atoms with E-state index in [9.17, 15) is 20.1 Å². The van der Waals surface area contributed by atoms with E-state index in [4.69, 9.17) is 19.0 Å². The van der Waals surface area contributed by atoms with Crippen LogP contribution < -0.4 is 10.4 Å². The van der Waals surface area contributed by atoms with Crippen LogP contribution in [0.25, 0.3) is 11.0 Å². The average molecular weight is 324 g/mol. The minimum atomic E-state index is -1.21. The first-order valence-corrected chi connectivity index (χ1v) is 7.04. The third-order valence-corrected chi connectivity index (χ3v) is 3.67. The number of aliphatic hydroxyl groups is 3. The van der Waals surface area contributed by atoms with Crippen LogP contribution in [0.15, 0.2) is 33.5 Å². The number of phenols is 1. The average Bonchev–Trinajstić information content (AvgIpc) is 2.51. The van der Waals surface area contributed by atoms with Crippen LogP contribution in [0.2, 0.25) is 0 Å². The highest BCUT2D eigenvalue weighted by atomic mass is 16.7. The van der Waals surface area contributed by atoms with E-state index >= 15 is 0 Å². The van der Waals surface area contributed by atoms with Crippen LogP contribution in [0.5, 0.6) is 11.5 Å². The summed E-state index contributed by atoms with van der Waals surface area (Å²) in [6, 6.07) is 5.46. The van der Waals surface area contributed by atoms with Crippen molar-refractivity contribution in [1.82, 2.24) is 0 Å². The molecular weight excluding hydrogens is 308 g/mol. The standard InChI is InChI=1S/C15H16O8/c16-6-12-15(20)9(18)5-14(23-12)22-11-3-7-1-2-13(19)21-10(7)4-8(11)17/h1-4,9,12,14-18,20H,5-6H2/t9?,12?,14?,15-/m0/s1. The van der Waals surface area contributed by atoms with E-state index in [0.717, 1.165) is 0 Å². The van der Waals surface area contributed by atoms with Gasteiger partial charge < -0.3 is 34.3 Å². The Kier molecular flexibility index (Phi) is 4.22. The molecule has 0 radical (unpaired) electrons. The number of rotatable bonds is 3. The van der Waals surface area contributed by atoms with E-state index < -0.39 is 36.8 Å². The molecule has 0 spiro atoms.